The molecule has 0 aliphatic carbocycles. The number of nitrogens with two attached hydrogens (primary N) is 1. The summed E-state index contributed by atoms with van der Waals surface area (Å²) >= 11 is 0. The average molecular weight is 177 g/mol. The van der Waals surface area contributed by atoms with Crippen molar-refractivity contribution in [3.05, 3.63) is 34.9 Å². The van der Waals surface area contributed by atoms with Crippen LogP contribution in [0.5, 0.6) is 0 Å². The van der Waals surface area contributed by atoms with Crippen LogP contribution in [0.25, 0.3) is 0 Å². The fraction of sp³-hybridized carbons (Fsp3) is 0.455. The van der Waals surface area contributed by atoms with Crippen LogP contribution in [0.1, 0.15) is 22.8 Å². The van der Waals surface area contributed by atoms with Gasteiger partial charge in [0.1, 0.15) is 0 Å². The van der Waals surface area contributed by atoms with Gasteiger partial charge >= 0.3 is 0 Å². The quantitative estimate of drug-likeness (QED) is 0.706. The van der Waals surface area contributed by atoms with Crippen LogP contribution in [0.3, 0.4) is 0 Å². The second-order valence-corrected chi connectivity index (χ2v) is 3.49. The molecule has 0 saturated carbocycles. The first kappa shape index (κ1) is 8.73. The van der Waals surface area contributed by atoms with Gasteiger partial charge in [-0.1, -0.05) is 18.2 Å². The van der Waals surface area contributed by atoms with Crippen LogP contribution in [0, 0.1) is 6.92 Å². The minimum absolute atomic E-state index is 0.116. The van der Waals surface area contributed by atoms with Gasteiger partial charge in [-0.25, -0.2) is 0 Å². The van der Waals surface area contributed by atoms with Gasteiger partial charge in [-0.05, 0) is 30.0 Å². The Labute approximate surface area is 78.7 Å². The van der Waals surface area contributed by atoms with E-state index in [1.165, 1.54) is 16.7 Å². The minimum Gasteiger partial charge on any atom is -0.372 e. The Morgan fingerprint density at radius 2 is 2.38 bits per heavy atom. The van der Waals surface area contributed by atoms with Gasteiger partial charge in [-0.2, -0.15) is 0 Å². The molecule has 1 atom stereocenters. The summed E-state index contributed by atoms with van der Waals surface area (Å²) in [6, 6.07) is 6.40. The highest BCUT2D eigenvalue weighted by Crippen LogP contribution is 2.28. The van der Waals surface area contributed by atoms with E-state index >= 15 is 0 Å². The van der Waals surface area contributed by atoms with Crippen LogP contribution in [0.15, 0.2) is 18.2 Å². The van der Waals surface area contributed by atoms with Crippen LogP contribution in [0.4, 0.5) is 0 Å². The van der Waals surface area contributed by atoms with Crippen molar-refractivity contribution in [1.82, 2.24) is 0 Å². The largest absolute Gasteiger partial charge is 0.372 e. The molecule has 1 aliphatic heterocycles. The Kier molecular flexibility index (Phi) is 2.34. The lowest BCUT2D eigenvalue weighted by Gasteiger charge is -2.26. The highest BCUT2D eigenvalue weighted by atomic mass is 16.5. The molecule has 0 radical (unpaired) electrons. The van der Waals surface area contributed by atoms with Crippen molar-refractivity contribution < 1.29 is 4.74 Å². The van der Waals surface area contributed by atoms with Crippen LogP contribution < -0.4 is 5.73 Å². The van der Waals surface area contributed by atoms with E-state index in [2.05, 4.69) is 25.1 Å². The van der Waals surface area contributed by atoms with E-state index in [1.807, 2.05) is 0 Å². The van der Waals surface area contributed by atoms with E-state index in [0.29, 0.717) is 6.54 Å². The highest BCUT2D eigenvalue weighted by Gasteiger charge is 2.20. The summed E-state index contributed by atoms with van der Waals surface area (Å²) in [5, 5.41) is 0. The molecule has 0 amide bonds. The molecule has 1 aromatic rings. The molecular formula is C11H15NO. The minimum atomic E-state index is 0.116. The van der Waals surface area contributed by atoms with Gasteiger partial charge in [-0.15, -0.1) is 0 Å². The maximum atomic E-state index is 5.66. The van der Waals surface area contributed by atoms with Crippen molar-refractivity contribution in [1.29, 1.82) is 0 Å². The molecule has 70 valence electrons. The summed E-state index contributed by atoms with van der Waals surface area (Å²) in [4.78, 5) is 0. The molecule has 2 rings (SSSR count). The van der Waals surface area contributed by atoms with Gasteiger partial charge < -0.3 is 10.5 Å². The normalized spacial score (nSPS) is 21.2. The number of fused-ring (bicyclic) bond motifs is 1. The summed E-state index contributed by atoms with van der Waals surface area (Å²) in [6.07, 6.45) is 1.14. The molecular weight excluding hydrogens is 162 g/mol. The van der Waals surface area contributed by atoms with Gasteiger partial charge in [0.25, 0.3) is 0 Å². The molecule has 1 heterocycles. The molecule has 2 heteroatoms. The van der Waals surface area contributed by atoms with Crippen molar-refractivity contribution in [2.24, 2.45) is 5.73 Å². The number of hydrogen-bond acceptors (Lipinski definition) is 2. The van der Waals surface area contributed by atoms with Gasteiger partial charge in [0.2, 0.25) is 0 Å². The molecule has 1 aromatic carbocycles. The van der Waals surface area contributed by atoms with Gasteiger partial charge in [0.05, 0.1) is 12.7 Å². The molecule has 2 nitrogen and oxygen atoms in total. The van der Waals surface area contributed by atoms with Gasteiger partial charge in [0.15, 0.2) is 0 Å². The van der Waals surface area contributed by atoms with Crippen LogP contribution >= 0.6 is 0 Å². The number of ether oxygens (including phenoxy) is 1. The van der Waals surface area contributed by atoms with Crippen molar-refractivity contribution in [2.75, 3.05) is 13.2 Å². The topological polar surface area (TPSA) is 35.2 Å². The molecule has 13 heavy (non-hydrogen) atoms. The molecule has 0 bridgehead atoms. The maximum Gasteiger partial charge on any atom is 0.0952 e. The van der Waals surface area contributed by atoms with E-state index in [1.54, 1.807) is 0 Å². The Morgan fingerprint density at radius 3 is 3.15 bits per heavy atom. The number of benzene rings is 1. The van der Waals surface area contributed by atoms with E-state index < -0.39 is 0 Å². The van der Waals surface area contributed by atoms with Crippen LogP contribution in [-0.2, 0) is 11.2 Å². The fourth-order valence-electron chi connectivity index (χ4n) is 2.00. The molecule has 1 unspecified atom stereocenters. The zero-order valence-electron chi connectivity index (χ0n) is 7.92. The van der Waals surface area contributed by atoms with Crippen molar-refractivity contribution in [2.45, 2.75) is 19.4 Å². The summed E-state index contributed by atoms with van der Waals surface area (Å²) < 4.78 is 5.61. The third kappa shape index (κ3) is 1.47. The van der Waals surface area contributed by atoms with Gasteiger partial charge in [0, 0.05) is 6.54 Å². The van der Waals surface area contributed by atoms with Crippen molar-refractivity contribution in [3.63, 3.8) is 0 Å². The summed E-state index contributed by atoms with van der Waals surface area (Å²) in [5.41, 5.74) is 9.68. The Balaban J connectivity index is 2.47. The second-order valence-electron chi connectivity index (χ2n) is 3.49. The number of hydrogen-bond donors (Lipinski definition) is 1. The van der Waals surface area contributed by atoms with E-state index in [0.717, 1.165) is 13.0 Å². The Bertz CT molecular complexity index is 309. The molecule has 0 aromatic heterocycles. The lowest BCUT2D eigenvalue weighted by molar-refractivity contribution is 0.0480. The Hall–Kier alpha value is -0.860. The first-order valence-corrected chi connectivity index (χ1v) is 4.73. The summed E-state index contributed by atoms with van der Waals surface area (Å²) in [7, 11) is 0. The van der Waals surface area contributed by atoms with E-state index in [9.17, 15) is 0 Å². The van der Waals surface area contributed by atoms with Crippen molar-refractivity contribution >= 4 is 0 Å². The number of rotatable bonds is 1. The molecule has 0 saturated heterocycles. The molecule has 0 fully saturated rings. The maximum absolute atomic E-state index is 5.66. The molecule has 1 aliphatic rings. The average Bonchev–Trinajstić information content (AvgIpc) is 2.17. The molecule has 2 N–H and O–H groups in total. The van der Waals surface area contributed by atoms with Crippen LogP contribution in [-0.4, -0.2) is 13.2 Å². The standard InChI is InChI=1S/C11H15NO/c1-8-3-2-4-9-5-6-13-10(7-12)11(8)9/h2-4,10H,5-7,12H2,1H3. The predicted molar refractivity (Wildman–Crippen MR) is 52.6 cm³/mol. The highest BCUT2D eigenvalue weighted by molar-refractivity contribution is 5.37. The molecule has 0 spiro atoms. The van der Waals surface area contributed by atoms with Crippen molar-refractivity contribution in [3.8, 4) is 0 Å². The smallest absolute Gasteiger partial charge is 0.0952 e. The third-order valence-electron chi connectivity index (χ3n) is 2.64. The van der Waals surface area contributed by atoms with E-state index in [4.69, 9.17) is 10.5 Å². The van der Waals surface area contributed by atoms with Gasteiger partial charge in [-0.3, -0.25) is 0 Å². The number of aryl methyl sites for hydroxylation is 1. The lowest BCUT2D eigenvalue weighted by atomic mass is 9.93. The zero-order valence-corrected chi connectivity index (χ0v) is 7.92. The zero-order chi connectivity index (χ0) is 9.26. The SMILES string of the molecule is Cc1cccc2c1C(CN)OCC2. The second kappa shape index (κ2) is 3.48. The predicted octanol–water partition coefficient (Wildman–Crippen LogP) is 1.57. The van der Waals surface area contributed by atoms with E-state index in [-0.39, 0.29) is 6.10 Å². The Morgan fingerprint density at radius 1 is 1.54 bits per heavy atom. The summed E-state index contributed by atoms with van der Waals surface area (Å²) in [5.74, 6) is 0. The summed E-state index contributed by atoms with van der Waals surface area (Å²) in [6.45, 7) is 3.51. The monoisotopic (exact) mass is 177 g/mol. The first-order chi connectivity index (χ1) is 6.33. The van der Waals surface area contributed by atoms with Crippen LogP contribution in [0.2, 0.25) is 0 Å². The lowest BCUT2D eigenvalue weighted by Crippen LogP contribution is -2.23. The fourth-order valence-corrected chi connectivity index (χ4v) is 2.00. The first-order valence-electron chi connectivity index (χ1n) is 4.73. The third-order valence-corrected chi connectivity index (χ3v) is 2.64.